The maximum atomic E-state index is 13.5. The quantitative estimate of drug-likeness (QED) is 0.259. The van der Waals surface area contributed by atoms with Crippen LogP contribution in [0.15, 0.2) is 50.8 Å². The number of ether oxygens (including phenoxy) is 2. The lowest BCUT2D eigenvalue weighted by Gasteiger charge is -2.23. The van der Waals surface area contributed by atoms with E-state index >= 15 is 0 Å². The van der Waals surface area contributed by atoms with Crippen molar-refractivity contribution in [2.45, 2.75) is 58.0 Å². The summed E-state index contributed by atoms with van der Waals surface area (Å²) < 4.78 is 13.1. The van der Waals surface area contributed by atoms with Gasteiger partial charge in [0.25, 0.3) is 5.56 Å². The molecule has 0 N–H and O–H groups in total. The van der Waals surface area contributed by atoms with Crippen LogP contribution in [0.4, 0.5) is 0 Å². The Labute approximate surface area is 217 Å². The van der Waals surface area contributed by atoms with Gasteiger partial charge in [0.05, 0.1) is 23.7 Å². The first-order valence-corrected chi connectivity index (χ1v) is 12.9. The minimum atomic E-state index is -0.816. The van der Waals surface area contributed by atoms with Gasteiger partial charge in [-0.25, -0.2) is 9.78 Å². The summed E-state index contributed by atoms with van der Waals surface area (Å²) in [5, 5.41) is 5.52. The predicted octanol–water partition coefficient (Wildman–Crippen LogP) is 6.07. The molecular formula is C26H27BrClN3O4. The maximum absolute atomic E-state index is 13.5. The van der Waals surface area contributed by atoms with E-state index in [0.717, 1.165) is 30.2 Å². The van der Waals surface area contributed by atoms with Crippen LogP contribution in [0.3, 0.4) is 0 Å². The predicted molar refractivity (Wildman–Crippen MR) is 141 cm³/mol. The number of nitrogens with zero attached hydrogens (tertiary/aromatic N) is 3. The molecule has 0 amide bonds. The van der Waals surface area contributed by atoms with Gasteiger partial charge in [-0.2, -0.15) is 9.78 Å². The molecule has 3 aromatic rings. The van der Waals surface area contributed by atoms with Crippen molar-refractivity contribution in [3.8, 4) is 5.75 Å². The monoisotopic (exact) mass is 559 g/mol. The molecule has 0 radical (unpaired) electrons. The van der Waals surface area contributed by atoms with Crippen LogP contribution < -0.4 is 10.3 Å². The summed E-state index contributed by atoms with van der Waals surface area (Å²) in [4.78, 5) is 30.4. The highest BCUT2D eigenvalue weighted by Gasteiger charge is 2.23. The van der Waals surface area contributed by atoms with Crippen LogP contribution in [-0.2, 0) is 9.53 Å². The standard InChI is InChI=1S/C26H27BrClN3O4/c1-3-34-26(33)16(2)35-23-12-10-20(28)13-18(23)15-29-31-24(17-7-5-4-6-8-17)30-22-11-9-19(27)14-21(22)25(31)32/h9-17H,3-8H2,1-2H3/t16-/m0/s1. The number of aromatic nitrogens is 2. The summed E-state index contributed by atoms with van der Waals surface area (Å²) >= 11 is 9.67. The summed E-state index contributed by atoms with van der Waals surface area (Å²) in [6.45, 7) is 3.62. The van der Waals surface area contributed by atoms with E-state index < -0.39 is 12.1 Å². The van der Waals surface area contributed by atoms with E-state index in [1.54, 1.807) is 38.1 Å². The molecule has 1 aliphatic carbocycles. The summed E-state index contributed by atoms with van der Waals surface area (Å²) in [7, 11) is 0. The number of esters is 1. The molecule has 4 rings (SSSR count). The molecule has 0 bridgehead atoms. The SMILES string of the molecule is CCOC(=O)[C@H](C)Oc1ccc(Cl)cc1C=Nn1c(C2CCCCC2)nc2ccc(Br)cc2c1=O. The van der Waals surface area contributed by atoms with Gasteiger partial charge in [-0.05, 0) is 63.1 Å². The Kier molecular flexibility index (Phi) is 8.23. The second-order valence-corrected chi connectivity index (χ2v) is 9.87. The van der Waals surface area contributed by atoms with Crippen molar-refractivity contribution in [2.24, 2.45) is 5.10 Å². The Morgan fingerprint density at radius 2 is 2.03 bits per heavy atom. The van der Waals surface area contributed by atoms with Gasteiger partial charge in [-0.15, -0.1) is 0 Å². The largest absolute Gasteiger partial charge is 0.478 e. The Morgan fingerprint density at radius 3 is 2.77 bits per heavy atom. The summed E-state index contributed by atoms with van der Waals surface area (Å²) in [5.41, 5.74) is 0.947. The van der Waals surface area contributed by atoms with E-state index in [1.807, 2.05) is 12.1 Å². The van der Waals surface area contributed by atoms with E-state index in [1.165, 1.54) is 17.3 Å². The van der Waals surface area contributed by atoms with Crippen molar-refractivity contribution >= 4 is 50.6 Å². The number of rotatable bonds is 7. The molecule has 184 valence electrons. The summed E-state index contributed by atoms with van der Waals surface area (Å²) in [6.07, 6.45) is 6.02. The van der Waals surface area contributed by atoms with Crippen molar-refractivity contribution in [2.75, 3.05) is 6.61 Å². The zero-order chi connectivity index (χ0) is 24.9. The highest BCUT2D eigenvalue weighted by molar-refractivity contribution is 9.10. The molecule has 9 heteroatoms. The van der Waals surface area contributed by atoms with Gasteiger partial charge in [0.1, 0.15) is 11.6 Å². The number of fused-ring (bicyclic) bond motifs is 1. The van der Waals surface area contributed by atoms with Crippen LogP contribution in [0, 0.1) is 0 Å². The lowest BCUT2D eigenvalue weighted by atomic mass is 9.88. The molecule has 2 aromatic carbocycles. The van der Waals surface area contributed by atoms with E-state index in [0.29, 0.717) is 33.1 Å². The molecule has 0 aliphatic heterocycles. The first-order valence-electron chi connectivity index (χ1n) is 11.8. The topological polar surface area (TPSA) is 82.8 Å². The lowest BCUT2D eigenvalue weighted by Crippen LogP contribution is -2.26. The highest BCUT2D eigenvalue weighted by atomic mass is 79.9. The van der Waals surface area contributed by atoms with E-state index in [2.05, 4.69) is 21.0 Å². The zero-order valence-electron chi connectivity index (χ0n) is 19.7. The minimum Gasteiger partial charge on any atom is -0.478 e. The molecule has 0 unspecified atom stereocenters. The highest BCUT2D eigenvalue weighted by Crippen LogP contribution is 2.32. The molecule has 1 heterocycles. The average molecular weight is 561 g/mol. The van der Waals surface area contributed by atoms with Gasteiger partial charge >= 0.3 is 5.97 Å². The van der Waals surface area contributed by atoms with Gasteiger partial charge in [0.15, 0.2) is 6.10 Å². The lowest BCUT2D eigenvalue weighted by molar-refractivity contribution is -0.150. The van der Waals surface area contributed by atoms with Crippen molar-refractivity contribution in [1.82, 2.24) is 9.66 Å². The Bertz CT molecular complexity index is 1320. The van der Waals surface area contributed by atoms with Crippen LogP contribution in [0.25, 0.3) is 10.9 Å². The molecule has 1 atom stereocenters. The molecule has 35 heavy (non-hydrogen) atoms. The fourth-order valence-corrected chi connectivity index (χ4v) is 4.79. The van der Waals surface area contributed by atoms with Crippen LogP contribution in [-0.4, -0.2) is 34.6 Å². The smallest absolute Gasteiger partial charge is 0.347 e. The Balaban J connectivity index is 1.77. The van der Waals surface area contributed by atoms with E-state index in [4.69, 9.17) is 26.1 Å². The molecule has 0 spiro atoms. The van der Waals surface area contributed by atoms with Crippen molar-refractivity contribution in [1.29, 1.82) is 0 Å². The van der Waals surface area contributed by atoms with Gasteiger partial charge in [-0.3, -0.25) is 4.79 Å². The van der Waals surface area contributed by atoms with E-state index in [-0.39, 0.29) is 18.1 Å². The van der Waals surface area contributed by atoms with Crippen LogP contribution in [0.5, 0.6) is 5.75 Å². The van der Waals surface area contributed by atoms with Crippen molar-refractivity contribution < 1.29 is 14.3 Å². The molecule has 1 aromatic heterocycles. The number of hydrogen-bond acceptors (Lipinski definition) is 6. The van der Waals surface area contributed by atoms with Crippen molar-refractivity contribution in [3.05, 3.63) is 67.6 Å². The van der Waals surface area contributed by atoms with Crippen LogP contribution in [0.2, 0.25) is 5.02 Å². The summed E-state index contributed by atoms with van der Waals surface area (Å²) in [5.74, 6) is 0.749. The molecule has 7 nitrogen and oxygen atoms in total. The fraction of sp³-hybridized carbons (Fsp3) is 0.385. The Morgan fingerprint density at radius 1 is 1.26 bits per heavy atom. The third kappa shape index (κ3) is 5.93. The van der Waals surface area contributed by atoms with Gasteiger partial charge < -0.3 is 9.47 Å². The van der Waals surface area contributed by atoms with Crippen molar-refractivity contribution in [3.63, 3.8) is 0 Å². The van der Waals surface area contributed by atoms with Gasteiger partial charge in [0, 0.05) is 21.0 Å². The third-order valence-corrected chi connectivity index (χ3v) is 6.74. The number of carbonyl (C=O) groups excluding carboxylic acids is 1. The molecule has 1 aliphatic rings. The van der Waals surface area contributed by atoms with E-state index in [9.17, 15) is 9.59 Å². The minimum absolute atomic E-state index is 0.153. The molecular weight excluding hydrogens is 534 g/mol. The van der Waals surface area contributed by atoms with Crippen LogP contribution in [0.1, 0.15) is 63.3 Å². The maximum Gasteiger partial charge on any atom is 0.347 e. The number of halogens is 2. The summed E-state index contributed by atoms with van der Waals surface area (Å²) in [6, 6.07) is 10.5. The van der Waals surface area contributed by atoms with Gasteiger partial charge in [-0.1, -0.05) is 46.8 Å². The Hall–Kier alpha value is -2.71. The number of carbonyl (C=O) groups is 1. The van der Waals surface area contributed by atoms with Gasteiger partial charge in [0.2, 0.25) is 0 Å². The normalized spacial score (nSPS) is 15.4. The number of hydrogen-bond donors (Lipinski definition) is 0. The first-order chi connectivity index (χ1) is 16.9. The molecule has 1 fully saturated rings. The third-order valence-electron chi connectivity index (χ3n) is 6.01. The number of benzene rings is 2. The fourth-order valence-electron chi connectivity index (χ4n) is 4.25. The molecule has 1 saturated carbocycles. The second kappa shape index (κ2) is 11.4. The average Bonchev–Trinajstić information content (AvgIpc) is 2.85. The molecule has 0 saturated heterocycles. The zero-order valence-corrected chi connectivity index (χ0v) is 22.0. The first kappa shape index (κ1) is 25.4. The van der Waals surface area contributed by atoms with Crippen LogP contribution >= 0.6 is 27.5 Å². The second-order valence-electron chi connectivity index (χ2n) is 8.52.